The summed E-state index contributed by atoms with van der Waals surface area (Å²) in [6.07, 6.45) is -0.755. The number of anilines is 1. The first-order valence-electron chi connectivity index (χ1n) is 5.35. The summed E-state index contributed by atoms with van der Waals surface area (Å²) in [5.41, 5.74) is 5.99. The summed E-state index contributed by atoms with van der Waals surface area (Å²) in [7, 11) is 0. The molecule has 1 aromatic rings. The Balaban J connectivity index is 2.28. The number of aryl methyl sites for hydroxylation is 1. The normalized spacial score (nSPS) is 23.3. The molecule has 1 amide bonds. The van der Waals surface area contributed by atoms with Gasteiger partial charge in [-0.3, -0.25) is 4.79 Å². The largest absolute Gasteiger partial charge is 0.480 e. The predicted molar refractivity (Wildman–Crippen MR) is 64.3 cm³/mol. The molecule has 4 N–H and O–H groups in total. The molecule has 1 aromatic heterocycles. The first kappa shape index (κ1) is 12.8. The van der Waals surface area contributed by atoms with Crippen LogP contribution < -0.4 is 5.73 Å². The summed E-state index contributed by atoms with van der Waals surface area (Å²) >= 11 is 1.03. The molecule has 0 radical (unpaired) electrons. The van der Waals surface area contributed by atoms with Crippen LogP contribution in [-0.4, -0.2) is 50.7 Å². The molecule has 1 aliphatic heterocycles. The number of carboxylic acids is 1. The number of hydrogen-bond donors (Lipinski definition) is 3. The molecule has 1 saturated heterocycles. The lowest BCUT2D eigenvalue weighted by atomic mass is 10.2. The van der Waals surface area contributed by atoms with Crippen LogP contribution >= 0.6 is 11.3 Å². The van der Waals surface area contributed by atoms with Crippen LogP contribution in [0.5, 0.6) is 0 Å². The minimum absolute atomic E-state index is 0.0209. The number of nitrogens with two attached hydrogens (primary N) is 1. The first-order chi connectivity index (χ1) is 8.40. The molecule has 1 fully saturated rings. The average Bonchev–Trinajstić information content (AvgIpc) is 2.81. The number of nitrogens with zero attached hydrogens (tertiary/aromatic N) is 2. The monoisotopic (exact) mass is 271 g/mol. The quantitative estimate of drug-likeness (QED) is 0.679. The standard InChI is InChI=1S/C10H13N3O4S/c1-4-7(18-10(11)12-4)8(15)13-3-5(14)2-6(13)9(16)17/h5-6,14H,2-3H2,1H3,(H2,11,12)(H,16,17)/t5-,6-/m0/s1. The molecule has 8 heteroatoms. The highest BCUT2D eigenvalue weighted by atomic mass is 32.1. The van der Waals surface area contributed by atoms with Crippen molar-refractivity contribution in [2.24, 2.45) is 0 Å². The predicted octanol–water partition coefficient (Wildman–Crippen LogP) is -0.306. The number of aliphatic hydroxyl groups excluding tert-OH is 1. The number of β-amino-alcohol motifs (C(OH)–C–C–N with tert-alkyl or cyclic N) is 1. The number of carbonyl (C=O) groups is 2. The Morgan fingerprint density at radius 2 is 2.22 bits per heavy atom. The van der Waals surface area contributed by atoms with Crippen LogP contribution in [0.2, 0.25) is 0 Å². The summed E-state index contributed by atoms with van der Waals surface area (Å²) in [5.74, 6) is -1.55. The van der Waals surface area contributed by atoms with Gasteiger partial charge in [-0.2, -0.15) is 0 Å². The van der Waals surface area contributed by atoms with E-state index >= 15 is 0 Å². The van der Waals surface area contributed by atoms with Gasteiger partial charge in [-0.1, -0.05) is 11.3 Å². The summed E-state index contributed by atoms with van der Waals surface area (Å²) in [6.45, 7) is 1.66. The van der Waals surface area contributed by atoms with E-state index in [1.54, 1.807) is 6.92 Å². The van der Waals surface area contributed by atoms with E-state index in [0.29, 0.717) is 10.6 Å². The van der Waals surface area contributed by atoms with Crippen molar-refractivity contribution in [2.75, 3.05) is 12.3 Å². The zero-order valence-electron chi connectivity index (χ0n) is 9.66. The molecule has 0 spiro atoms. The molecule has 0 unspecified atom stereocenters. The number of aliphatic hydroxyl groups is 1. The first-order valence-corrected chi connectivity index (χ1v) is 6.16. The van der Waals surface area contributed by atoms with Gasteiger partial charge in [-0.25, -0.2) is 9.78 Å². The second-order valence-electron chi connectivity index (χ2n) is 4.17. The molecule has 2 rings (SSSR count). The fourth-order valence-corrected chi connectivity index (χ4v) is 2.81. The lowest BCUT2D eigenvalue weighted by Crippen LogP contribution is -2.40. The number of aliphatic carboxylic acids is 1. The third-order valence-corrected chi connectivity index (χ3v) is 3.81. The number of likely N-dealkylation sites (tertiary alicyclic amines) is 1. The summed E-state index contributed by atoms with van der Waals surface area (Å²) in [6, 6.07) is -0.991. The van der Waals surface area contributed by atoms with Gasteiger partial charge < -0.3 is 20.8 Å². The highest BCUT2D eigenvalue weighted by molar-refractivity contribution is 7.17. The Hall–Kier alpha value is -1.67. The van der Waals surface area contributed by atoms with Gasteiger partial charge in [-0.15, -0.1) is 0 Å². The minimum Gasteiger partial charge on any atom is -0.480 e. The van der Waals surface area contributed by atoms with Crippen LogP contribution in [0.1, 0.15) is 21.8 Å². The van der Waals surface area contributed by atoms with Crippen molar-refractivity contribution in [1.29, 1.82) is 0 Å². The van der Waals surface area contributed by atoms with Gasteiger partial charge in [-0.05, 0) is 6.92 Å². The topological polar surface area (TPSA) is 117 Å². The van der Waals surface area contributed by atoms with Crippen molar-refractivity contribution in [3.8, 4) is 0 Å². The summed E-state index contributed by atoms with van der Waals surface area (Å²) in [4.78, 5) is 28.7. The van der Waals surface area contributed by atoms with E-state index in [1.165, 1.54) is 0 Å². The average molecular weight is 271 g/mol. The number of carbonyl (C=O) groups excluding carboxylic acids is 1. The maximum absolute atomic E-state index is 12.2. The SMILES string of the molecule is Cc1nc(N)sc1C(=O)N1C[C@@H](O)C[C@H]1C(=O)O. The van der Waals surface area contributed by atoms with E-state index in [0.717, 1.165) is 16.2 Å². The second kappa shape index (κ2) is 4.54. The number of thiazole rings is 1. The van der Waals surface area contributed by atoms with Crippen LogP contribution in [0.3, 0.4) is 0 Å². The number of amides is 1. The van der Waals surface area contributed by atoms with Gasteiger partial charge >= 0.3 is 5.97 Å². The molecule has 1 aliphatic rings. The maximum Gasteiger partial charge on any atom is 0.326 e. The lowest BCUT2D eigenvalue weighted by molar-refractivity contribution is -0.141. The van der Waals surface area contributed by atoms with Crippen molar-refractivity contribution in [1.82, 2.24) is 9.88 Å². The van der Waals surface area contributed by atoms with Crippen LogP contribution in [0, 0.1) is 6.92 Å². The number of carboxylic acid groups (broad SMARTS) is 1. The number of aromatic nitrogens is 1. The summed E-state index contributed by atoms with van der Waals surface area (Å²) < 4.78 is 0. The molecule has 0 saturated carbocycles. The third kappa shape index (κ3) is 2.16. The van der Waals surface area contributed by atoms with Crippen molar-refractivity contribution >= 4 is 28.3 Å². The van der Waals surface area contributed by atoms with E-state index in [1.807, 2.05) is 0 Å². The third-order valence-electron chi connectivity index (χ3n) is 2.83. The van der Waals surface area contributed by atoms with E-state index < -0.39 is 24.0 Å². The van der Waals surface area contributed by atoms with Gasteiger partial charge in [0.15, 0.2) is 5.13 Å². The van der Waals surface area contributed by atoms with Gasteiger partial charge in [0, 0.05) is 13.0 Å². The molecule has 2 atom stereocenters. The minimum atomic E-state index is -1.12. The number of rotatable bonds is 2. The van der Waals surface area contributed by atoms with Crippen molar-refractivity contribution in [2.45, 2.75) is 25.5 Å². The van der Waals surface area contributed by atoms with Crippen molar-refractivity contribution < 1.29 is 19.8 Å². The number of hydrogen-bond acceptors (Lipinski definition) is 6. The Bertz CT molecular complexity index is 501. The zero-order valence-corrected chi connectivity index (χ0v) is 10.5. The van der Waals surface area contributed by atoms with E-state index in [-0.39, 0.29) is 18.1 Å². The van der Waals surface area contributed by atoms with Gasteiger partial charge in [0.05, 0.1) is 11.8 Å². The molecule has 98 valence electrons. The van der Waals surface area contributed by atoms with Crippen molar-refractivity contribution in [3.63, 3.8) is 0 Å². The highest BCUT2D eigenvalue weighted by Gasteiger charge is 2.40. The van der Waals surface area contributed by atoms with Crippen LogP contribution in [-0.2, 0) is 4.79 Å². The second-order valence-corrected chi connectivity index (χ2v) is 5.20. The van der Waals surface area contributed by atoms with Crippen LogP contribution in [0.25, 0.3) is 0 Å². The fraction of sp³-hybridized carbons (Fsp3) is 0.500. The van der Waals surface area contributed by atoms with Crippen molar-refractivity contribution in [3.05, 3.63) is 10.6 Å². The molecule has 18 heavy (non-hydrogen) atoms. The van der Waals surface area contributed by atoms with E-state index in [4.69, 9.17) is 10.8 Å². The van der Waals surface area contributed by atoms with Crippen LogP contribution in [0.15, 0.2) is 0 Å². The lowest BCUT2D eigenvalue weighted by Gasteiger charge is -2.20. The van der Waals surface area contributed by atoms with E-state index in [9.17, 15) is 14.7 Å². The Kier molecular flexibility index (Phi) is 3.22. The number of nitrogen functional groups attached to an aromatic ring is 1. The molecular formula is C10H13N3O4S. The zero-order chi connectivity index (χ0) is 13.4. The van der Waals surface area contributed by atoms with E-state index in [2.05, 4.69) is 4.98 Å². The molecule has 2 heterocycles. The molecule has 0 bridgehead atoms. The Morgan fingerprint density at radius 1 is 1.56 bits per heavy atom. The molecule has 0 aromatic carbocycles. The molecule has 0 aliphatic carbocycles. The Labute approximate surface area is 107 Å². The highest BCUT2D eigenvalue weighted by Crippen LogP contribution is 2.26. The summed E-state index contributed by atoms with van der Waals surface area (Å²) in [5, 5.41) is 18.8. The Morgan fingerprint density at radius 3 is 2.72 bits per heavy atom. The fourth-order valence-electron chi connectivity index (χ4n) is 2.02. The molecular weight excluding hydrogens is 258 g/mol. The van der Waals surface area contributed by atoms with Crippen LogP contribution in [0.4, 0.5) is 5.13 Å². The smallest absolute Gasteiger partial charge is 0.326 e. The van der Waals surface area contributed by atoms with Gasteiger partial charge in [0.1, 0.15) is 10.9 Å². The van der Waals surface area contributed by atoms with Gasteiger partial charge in [0.25, 0.3) is 5.91 Å². The van der Waals surface area contributed by atoms with Gasteiger partial charge in [0.2, 0.25) is 0 Å². The molecule has 7 nitrogen and oxygen atoms in total. The maximum atomic E-state index is 12.2.